The molecule has 0 fully saturated rings. The molecule has 5 nitrogen and oxygen atoms in total. The summed E-state index contributed by atoms with van der Waals surface area (Å²) in [6, 6.07) is 0. The molecular formula is C7H7BrF3N3O2. The highest BCUT2D eigenvalue weighted by Gasteiger charge is 2.28. The summed E-state index contributed by atoms with van der Waals surface area (Å²) in [4.78, 5) is 11.4. The Morgan fingerprint density at radius 2 is 2.19 bits per heavy atom. The Kier molecular flexibility index (Phi) is 4.03. The van der Waals surface area contributed by atoms with Crippen molar-refractivity contribution in [3.05, 3.63) is 10.3 Å². The third kappa shape index (κ3) is 3.56. The molecule has 1 rings (SSSR count). The molecule has 0 atom stereocenters. The molecule has 0 aliphatic carbocycles. The van der Waals surface area contributed by atoms with Gasteiger partial charge in [-0.2, -0.15) is 13.2 Å². The lowest BCUT2D eigenvalue weighted by Crippen LogP contribution is -2.21. The predicted octanol–water partition coefficient (Wildman–Crippen LogP) is 1.34. The van der Waals surface area contributed by atoms with Crippen LogP contribution >= 0.6 is 15.9 Å². The van der Waals surface area contributed by atoms with Crippen LogP contribution < -0.4 is 0 Å². The van der Waals surface area contributed by atoms with Crippen molar-refractivity contribution in [1.82, 2.24) is 15.0 Å². The molecule has 0 saturated carbocycles. The fourth-order valence-corrected chi connectivity index (χ4v) is 1.50. The summed E-state index contributed by atoms with van der Waals surface area (Å²) in [7, 11) is 1.45. The van der Waals surface area contributed by atoms with Gasteiger partial charge < -0.3 is 4.74 Å². The molecule has 16 heavy (non-hydrogen) atoms. The van der Waals surface area contributed by atoms with Gasteiger partial charge in [0.15, 0.2) is 4.60 Å². The molecule has 90 valence electrons. The lowest BCUT2D eigenvalue weighted by molar-refractivity contribution is -0.170. The molecule has 0 aromatic carbocycles. The van der Waals surface area contributed by atoms with Crippen LogP contribution in [0.1, 0.15) is 10.5 Å². The zero-order valence-electron chi connectivity index (χ0n) is 8.08. The van der Waals surface area contributed by atoms with Crippen molar-refractivity contribution in [2.24, 2.45) is 7.05 Å². The highest BCUT2D eigenvalue weighted by Crippen LogP contribution is 2.16. The van der Waals surface area contributed by atoms with E-state index in [1.807, 2.05) is 0 Å². The minimum atomic E-state index is -4.44. The predicted molar refractivity (Wildman–Crippen MR) is 49.9 cm³/mol. The topological polar surface area (TPSA) is 57.0 Å². The molecule has 0 radical (unpaired) electrons. The molecule has 0 bridgehead atoms. The summed E-state index contributed by atoms with van der Waals surface area (Å²) in [5.74, 6) is -0.622. The van der Waals surface area contributed by atoms with Gasteiger partial charge in [0, 0.05) is 7.05 Å². The van der Waals surface area contributed by atoms with Crippen molar-refractivity contribution in [2.75, 3.05) is 13.2 Å². The van der Waals surface area contributed by atoms with Crippen LogP contribution in [-0.4, -0.2) is 40.2 Å². The molecule has 1 aromatic heterocycles. The van der Waals surface area contributed by atoms with E-state index in [1.54, 1.807) is 0 Å². The zero-order valence-corrected chi connectivity index (χ0v) is 9.67. The number of rotatable bonds is 4. The summed E-state index contributed by atoms with van der Waals surface area (Å²) in [5.41, 5.74) is 0.0715. The number of halogens is 4. The molecule has 0 unspecified atom stereocenters. The van der Waals surface area contributed by atoms with Crippen LogP contribution in [0.3, 0.4) is 0 Å². The monoisotopic (exact) mass is 301 g/mol. The second-order valence-corrected chi connectivity index (χ2v) is 3.63. The molecule has 0 aliphatic heterocycles. The van der Waals surface area contributed by atoms with Gasteiger partial charge in [-0.15, -0.1) is 5.10 Å². The van der Waals surface area contributed by atoms with E-state index in [-0.39, 0.29) is 10.3 Å². The SMILES string of the molecule is Cn1nnc(Br)c1C(=O)COCC(F)(F)F. The maximum atomic E-state index is 11.7. The van der Waals surface area contributed by atoms with Gasteiger partial charge in [0.1, 0.15) is 18.9 Å². The fraction of sp³-hybridized carbons (Fsp3) is 0.571. The Morgan fingerprint density at radius 1 is 1.56 bits per heavy atom. The molecular weight excluding hydrogens is 295 g/mol. The van der Waals surface area contributed by atoms with E-state index in [2.05, 4.69) is 31.0 Å². The van der Waals surface area contributed by atoms with E-state index in [9.17, 15) is 18.0 Å². The average molecular weight is 302 g/mol. The number of ketones is 1. The van der Waals surface area contributed by atoms with E-state index in [0.717, 1.165) is 4.68 Å². The van der Waals surface area contributed by atoms with Gasteiger partial charge in [-0.3, -0.25) is 4.79 Å². The average Bonchev–Trinajstić information content (AvgIpc) is 2.43. The van der Waals surface area contributed by atoms with Crippen molar-refractivity contribution in [1.29, 1.82) is 0 Å². The van der Waals surface area contributed by atoms with Gasteiger partial charge in [-0.05, 0) is 15.9 Å². The molecule has 1 aromatic rings. The Balaban J connectivity index is 2.54. The minimum Gasteiger partial charge on any atom is -0.364 e. The molecule has 0 saturated heterocycles. The highest BCUT2D eigenvalue weighted by molar-refractivity contribution is 9.10. The fourth-order valence-electron chi connectivity index (χ4n) is 0.955. The molecule has 1 heterocycles. The second kappa shape index (κ2) is 4.91. The first-order chi connectivity index (χ1) is 7.31. The van der Waals surface area contributed by atoms with Crippen LogP contribution in [-0.2, 0) is 11.8 Å². The maximum absolute atomic E-state index is 11.7. The quantitative estimate of drug-likeness (QED) is 0.788. The molecule has 0 N–H and O–H groups in total. The Labute approximate surface area is 96.7 Å². The van der Waals surface area contributed by atoms with E-state index in [0.29, 0.717) is 0 Å². The molecule has 0 aliphatic rings. The number of carbonyl (C=O) groups excluding carboxylic acids is 1. The number of aromatic nitrogens is 3. The summed E-state index contributed by atoms with van der Waals surface area (Å²) in [6.07, 6.45) is -4.44. The number of Topliss-reactive ketones (excluding diaryl/α,β-unsaturated/α-hetero) is 1. The lowest BCUT2D eigenvalue weighted by atomic mass is 10.3. The number of carbonyl (C=O) groups is 1. The van der Waals surface area contributed by atoms with E-state index >= 15 is 0 Å². The molecule has 9 heteroatoms. The van der Waals surface area contributed by atoms with Gasteiger partial charge >= 0.3 is 6.18 Å². The Bertz CT molecular complexity index is 371. The first-order valence-corrected chi connectivity index (χ1v) is 4.83. The number of nitrogens with zero attached hydrogens (tertiary/aromatic N) is 3. The van der Waals surface area contributed by atoms with Crippen LogP contribution in [0.2, 0.25) is 0 Å². The van der Waals surface area contributed by atoms with Gasteiger partial charge in [-0.1, -0.05) is 5.21 Å². The lowest BCUT2D eigenvalue weighted by Gasteiger charge is -2.06. The van der Waals surface area contributed by atoms with E-state index in [4.69, 9.17) is 0 Å². The smallest absolute Gasteiger partial charge is 0.364 e. The number of hydrogen-bond acceptors (Lipinski definition) is 4. The first-order valence-electron chi connectivity index (χ1n) is 4.04. The van der Waals surface area contributed by atoms with Crippen LogP contribution in [0.15, 0.2) is 4.60 Å². The standard InChI is InChI=1S/C7H7BrF3N3O2/c1-14-5(6(8)12-13-14)4(15)2-16-3-7(9,10)11/h2-3H2,1H3. The van der Waals surface area contributed by atoms with E-state index in [1.165, 1.54) is 7.05 Å². The van der Waals surface area contributed by atoms with Crippen molar-refractivity contribution < 1.29 is 22.7 Å². The molecule has 0 amide bonds. The van der Waals surface area contributed by atoms with Crippen molar-refractivity contribution >= 4 is 21.7 Å². The second-order valence-electron chi connectivity index (χ2n) is 2.88. The Hall–Kier alpha value is -0.960. The van der Waals surface area contributed by atoms with Crippen LogP contribution in [0.25, 0.3) is 0 Å². The number of aryl methyl sites for hydroxylation is 1. The Morgan fingerprint density at radius 3 is 2.62 bits per heavy atom. The van der Waals surface area contributed by atoms with Crippen LogP contribution in [0.4, 0.5) is 13.2 Å². The maximum Gasteiger partial charge on any atom is 0.411 e. The van der Waals surface area contributed by atoms with Gasteiger partial charge in [0.2, 0.25) is 5.78 Å². The number of hydrogen-bond donors (Lipinski definition) is 0. The van der Waals surface area contributed by atoms with Crippen LogP contribution in [0.5, 0.6) is 0 Å². The third-order valence-electron chi connectivity index (χ3n) is 1.55. The highest BCUT2D eigenvalue weighted by atomic mass is 79.9. The first kappa shape index (κ1) is 13.1. The normalized spacial score (nSPS) is 11.8. The van der Waals surface area contributed by atoms with Gasteiger partial charge in [0.25, 0.3) is 0 Å². The van der Waals surface area contributed by atoms with Crippen molar-refractivity contribution in [2.45, 2.75) is 6.18 Å². The van der Waals surface area contributed by atoms with E-state index < -0.39 is 25.2 Å². The largest absolute Gasteiger partial charge is 0.411 e. The zero-order chi connectivity index (χ0) is 12.3. The van der Waals surface area contributed by atoms with Gasteiger partial charge in [0.05, 0.1) is 0 Å². The minimum absolute atomic E-state index is 0.0715. The summed E-state index contributed by atoms with van der Waals surface area (Å²) < 4.78 is 40.8. The van der Waals surface area contributed by atoms with Crippen LogP contribution in [0, 0.1) is 0 Å². The summed E-state index contributed by atoms with van der Waals surface area (Å²) in [6.45, 7) is -2.12. The summed E-state index contributed by atoms with van der Waals surface area (Å²) >= 11 is 2.96. The molecule has 0 spiro atoms. The number of ether oxygens (including phenoxy) is 1. The third-order valence-corrected chi connectivity index (χ3v) is 2.08. The van der Waals surface area contributed by atoms with Crippen molar-refractivity contribution in [3.63, 3.8) is 0 Å². The summed E-state index contributed by atoms with van der Waals surface area (Å²) in [5, 5.41) is 7.04. The van der Waals surface area contributed by atoms with Crippen molar-refractivity contribution in [3.8, 4) is 0 Å². The van der Waals surface area contributed by atoms with Gasteiger partial charge in [-0.25, -0.2) is 4.68 Å². The number of alkyl halides is 3.